The van der Waals surface area contributed by atoms with Crippen molar-refractivity contribution in [2.75, 3.05) is 38.1 Å². The zero-order valence-corrected chi connectivity index (χ0v) is 15.3. The lowest BCUT2D eigenvalue weighted by Crippen LogP contribution is -2.44. The molecule has 0 bridgehead atoms. The number of hydrogen-bond donors (Lipinski definition) is 2. The van der Waals surface area contributed by atoms with E-state index >= 15 is 0 Å². The quantitative estimate of drug-likeness (QED) is 0.698. The van der Waals surface area contributed by atoms with Gasteiger partial charge in [0.2, 0.25) is 0 Å². The van der Waals surface area contributed by atoms with Crippen LogP contribution in [0.15, 0.2) is 59.6 Å². The molecular formula is C22H23N3O2. The van der Waals surface area contributed by atoms with Gasteiger partial charge in [0.1, 0.15) is 17.2 Å². The summed E-state index contributed by atoms with van der Waals surface area (Å²) in [6.07, 6.45) is 1.61. The van der Waals surface area contributed by atoms with E-state index in [4.69, 9.17) is 0 Å². The van der Waals surface area contributed by atoms with Crippen LogP contribution in [-0.2, 0) is 0 Å². The van der Waals surface area contributed by atoms with E-state index < -0.39 is 0 Å². The highest BCUT2D eigenvalue weighted by atomic mass is 16.3. The molecule has 0 radical (unpaired) electrons. The topological polar surface area (TPSA) is 59.3 Å². The molecule has 0 spiro atoms. The van der Waals surface area contributed by atoms with Crippen LogP contribution < -0.4 is 4.90 Å². The fourth-order valence-corrected chi connectivity index (χ4v) is 3.43. The summed E-state index contributed by atoms with van der Waals surface area (Å²) in [5.41, 5.74) is 2.33. The Kier molecular flexibility index (Phi) is 4.69. The Morgan fingerprint density at radius 2 is 1.67 bits per heavy atom. The third kappa shape index (κ3) is 3.59. The van der Waals surface area contributed by atoms with Crippen LogP contribution in [0.1, 0.15) is 5.56 Å². The minimum atomic E-state index is 0.117. The molecule has 3 aromatic carbocycles. The summed E-state index contributed by atoms with van der Waals surface area (Å²) in [5, 5.41) is 22.2. The highest BCUT2D eigenvalue weighted by Crippen LogP contribution is 2.31. The number of hydrogen-bond acceptors (Lipinski definition) is 5. The first-order valence-corrected chi connectivity index (χ1v) is 9.13. The number of phenolic OH excluding ortho intramolecular Hbond substituents is 2. The number of fused-ring (bicyclic) bond motifs is 1. The fourth-order valence-electron chi connectivity index (χ4n) is 3.43. The van der Waals surface area contributed by atoms with Crippen molar-refractivity contribution >= 4 is 28.4 Å². The van der Waals surface area contributed by atoms with Crippen molar-refractivity contribution in [3.63, 3.8) is 0 Å². The van der Waals surface area contributed by atoms with Gasteiger partial charge in [0.15, 0.2) is 0 Å². The number of aliphatic imine (C=N–C) groups is 1. The monoisotopic (exact) mass is 361 g/mol. The van der Waals surface area contributed by atoms with Crippen molar-refractivity contribution in [2.45, 2.75) is 0 Å². The summed E-state index contributed by atoms with van der Waals surface area (Å²) >= 11 is 0. The van der Waals surface area contributed by atoms with E-state index in [2.05, 4.69) is 34.0 Å². The third-order valence-corrected chi connectivity index (χ3v) is 5.10. The smallest absolute Gasteiger partial charge is 0.141 e. The molecule has 0 aromatic heterocycles. The molecule has 138 valence electrons. The van der Waals surface area contributed by atoms with Crippen molar-refractivity contribution in [1.29, 1.82) is 0 Å². The van der Waals surface area contributed by atoms with Gasteiger partial charge in [0.05, 0.1) is 0 Å². The van der Waals surface area contributed by atoms with Crippen LogP contribution in [0, 0.1) is 0 Å². The summed E-state index contributed by atoms with van der Waals surface area (Å²) in [7, 11) is 2.15. The standard InChI is InChI=1S/C22H23N3O2/c1-24-10-12-25(13-11-24)17-7-8-18-16(14-17)6-9-21(26)19(18)15-23-20-4-2-3-5-22(20)27/h2-9,14-15,26-27H,10-13H2,1H3. The molecule has 1 aliphatic heterocycles. The molecule has 5 nitrogen and oxygen atoms in total. The van der Waals surface area contributed by atoms with Crippen LogP contribution in [0.5, 0.6) is 11.5 Å². The van der Waals surface area contributed by atoms with E-state index in [-0.39, 0.29) is 11.5 Å². The Bertz CT molecular complexity index is 992. The molecule has 4 rings (SSSR count). The lowest BCUT2D eigenvalue weighted by atomic mass is 10.0. The lowest BCUT2D eigenvalue weighted by molar-refractivity contribution is 0.313. The summed E-state index contributed by atoms with van der Waals surface area (Å²) in [6.45, 7) is 4.15. The summed E-state index contributed by atoms with van der Waals surface area (Å²) in [5.74, 6) is 0.292. The Morgan fingerprint density at radius 1 is 0.889 bits per heavy atom. The number of anilines is 1. The number of aromatic hydroxyl groups is 2. The van der Waals surface area contributed by atoms with E-state index in [0.717, 1.165) is 37.0 Å². The molecule has 1 fully saturated rings. The normalized spacial score (nSPS) is 15.7. The second kappa shape index (κ2) is 7.29. The van der Waals surface area contributed by atoms with Gasteiger partial charge in [-0.1, -0.05) is 24.3 Å². The third-order valence-electron chi connectivity index (χ3n) is 5.10. The zero-order chi connectivity index (χ0) is 18.8. The molecule has 0 atom stereocenters. The van der Waals surface area contributed by atoms with Gasteiger partial charge >= 0.3 is 0 Å². The van der Waals surface area contributed by atoms with Crippen LogP contribution in [0.4, 0.5) is 11.4 Å². The Balaban J connectivity index is 1.69. The van der Waals surface area contributed by atoms with E-state index in [0.29, 0.717) is 11.3 Å². The second-order valence-corrected chi connectivity index (χ2v) is 6.94. The average molecular weight is 361 g/mol. The van der Waals surface area contributed by atoms with Gasteiger partial charge in [-0.15, -0.1) is 0 Å². The van der Waals surface area contributed by atoms with Gasteiger partial charge in [0.25, 0.3) is 0 Å². The number of para-hydroxylation sites is 2. The predicted molar refractivity (Wildman–Crippen MR) is 111 cm³/mol. The summed E-state index contributed by atoms with van der Waals surface area (Å²) in [6, 6.07) is 16.8. The second-order valence-electron chi connectivity index (χ2n) is 6.94. The molecule has 27 heavy (non-hydrogen) atoms. The molecule has 0 saturated carbocycles. The van der Waals surface area contributed by atoms with Crippen LogP contribution in [0.3, 0.4) is 0 Å². The highest BCUT2D eigenvalue weighted by Gasteiger charge is 2.15. The largest absolute Gasteiger partial charge is 0.507 e. The van der Waals surface area contributed by atoms with Crippen molar-refractivity contribution < 1.29 is 10.2 Å². The van der Waals surface area contributed by atoms with Gasteiger partial charge in [-0.2, -0.15) is 0 Å². The number of piperazine rings is 1. The van der Waals surface area contributed by atoms with Crippen LogP contribution in [-0.4, -0.2) is 54.6 Å². The summed E-state index contributed by atoms with van der Waals surface area (Å²) in [4.78, 5) is 9.08. The first-order valence-electron chi connectivity index (χ1n) is 9.13. The maximum atomic E-state index is 10.3. The van der Waals surface area contributed by atoms with Crippen molar-refractivity contribution in [3.8, 4) is 11.5 Å². The van der Waals surface area contributed by atoms with Crippen molar-refractivity contribution in [3.05, 3.63) is 60.2 Å². The SMILES string of the molecule is CN1CCN(c2ccc3c(C=Nc4ccccc4O)c(O)ccc3c2)CC1. The molecule has 0 unspecified atom stereocenters. The molecule has 1 heterocycles. The highest BCUT2D eigenvalue weighted by molar-refractivity contribution is 6.04. The van der Waals surface area contributed by atoms with E-state index in [1.807, 2.05) is 18.2 Å². The predicted octanol–water partition coefficient (Wildman–Crippen LogP) is 3.75. The molecule has 3 aromatic rings. The van der Waals surface area contributed by atoms with Gasteiger partial charge in [0, 0.05) is 43.6 Å². The van der Waals surface area contributed by atoms with E-state index in [1.165, 1.54) is 5.69 Å². The molecule has 1 aliphatic rings. The number of phenols is 2. The molecule has 0 amide bonds. The maximum Gasteiger partial charge on any atom is 0.141 e. The van der Waals surface area contributed by atoms with Crippen LogP contribution >= 0.6 is 0 Å². The van der Waals surface area contributed by atoms with Crippen molar-refractivity contribution in [2.24, 2.45) is 4.99 Å². The first-order chi connectivity index (χ1) is 13.1. The Hall–Kier alpha value is -3.05. The minimum absolute atomic E-state index is 0.117. The zero-order valence-electron chi connectivity index (χ0n) is 15.3. The van der Waals surface area contributed by atoms with E-state index in [9.17, 15) is 10.2 Å². The van der Waals surface area contributed by atoms with Gasteiger partial charge in [-0.05, 0) is 48.2 Å². The van der Waals surface area contributed by atoms with Crippen LogP contribution in [0.25, 0.3) is 10.8 Å². The maximum absolute atomic E-state index is 10.3. The number of nitrogens with zero attached hydrogens (tertiary/aromatic N) is 3. The first kappa shape index (κ1) is 17.4. The Morgan fingerprint density at radius 3 is 2.44 bits per heavy atom. The van der Waals surface area contributed by atoms with Gasteiger partial charge in [-0.25, -0.2) is 0 Å². The van der Waals surface area contributed by atoms with Gasteiger partial charge < -0.3 is 20.0 Å². The molecular weight excluding hydrogens is 338 g/mol. The number of rotatable bonds is 3. The van der Waals surface area contributed by atoms with Crippen LogP contribution in [0.2, 0.25) is 0 Å². The number of benzene rings is 3. The van der Waals surface area contributed by atoms with E-state index in [1.54, 1.807) is 30.5 Å². The summed E-state index contributed by atoms with van der Waals surface area (Å²) < 4.78 is 0. The molecule has 0 aliphatic carbocycles. The minimum Gasteiger partial charge on any atom is -0.507 e. The molecule has 5 heteroatoms. The molecule has 1 saturated heterocycles. The Labute approximate surface area is 158 Å². The van der Waals surface area contributed by atoms with Gasteiger partial charge in [-0.3, -0.25) is 4.99 Å². The molecule has 2 N–H and O–H groups in total. The van der Waals surface area contributed by atoms with Crippen molar-refractivity contribution in [1.82, 2.24) is 4.90 Å². The lowest BCUT2D eigenvalue weighted by Gasteiger charge is -2.34. The fraction of sp³-hybridized carbons (Fsp3) is 0.227. The number of likely N-dealkylation sites (N-methyl/N-ethyl adjacent to an activating group) is 1. The average Bonchev–Trinajstić information content (AvgIpc) is 2.69.